The topological polar surface area (TPSA) is 32.3 Å². The monoisotopic (exact) mass is 378 g/mol. The zero-order chi connectivity index (χ0) is 19.1. The van der Waals surface area contributed by atoms with E-state index in [9.17, 15) is 4.79 Å². The number of carbonyl (C=O) groups is 1. The minimum absolute atomic E-state index is 0.0175. The van der Waals surface area contributed by atoms with Crippen molar-refractivity contribution in [1.29, 1.82) is 0 Å². The molecule has 0 saturated carbocycles. The van der Waals surface area contributed by atoms with E-state index < -0.39 is 0 Å². The highest BCUT2D eigenvalue weighted by Gasteiger charge is 2.14. The fourth-order valence-electron chi connectivity index (χ4n) is 3.06. The van der Waals surface area contributed by atoms with E-state index in [0.717, 1.165) is 41.2 Å². The SMILES string of the molecule is CCN(CC)Cc1ccc(CNC(=O)c2sccc2-c2ccccc2)cc1. The van der Waals surface area contributed by atoms with Crippen molar-refractivity contribution in [1.82, 2.24) is 10.2 Å². The highest BCUT2D eigenvalue weighted by atomic mass is 32.1. The average molecular weight is 379 g/mol. The Balaban J connectivity index is 1.61. The lowest BCUT2D eigenvalue weighted by Gasteiger charge is -2.18. The molecular formula is C23H26N2OS. The van der Waals surface area contributed by atoms with Gasteiger partial charge in [0, 0.05) is 18.7 Å². The van der Waals surface area contributed by atoms with Gasteiger partial charge in [-0.2, -0.15) is 0 Å². The lowest BCUT2D eigenvalue weighted by Crippen LogP contribution is -2.23. The van der Waals surface area contributed by atoms with E-state index in [0.29, 0.717) is 6.54 Å². The number of carbonyl (C=O) groups excluding carboxylic acids is 1. The number of benzene rings is 2. The number of nitrogens with zero attached hydrogens (tertiary/aromatic N) is 1. The van der Waals surface area contributed by atoms with Crippen LogP contribution in [0.25, 0.3) is 11.1 Å². The van der Waals surface area contributed by atoms with E-state index in [1.807, 2.05) is 41.8 Å². The number of rotatable bonds is 8. The predicted octanol–water partition coefficient (Wildman–Crippen LogP) is 5.19. The Morgan fingerprint density at radius 3 is 2.26 bits per heavy atom. The molecule has 1 amide bonds. The van der Waals surface area contributed by atoms with Gasteiger partial charge in [0.05, 0.1) is 4.88 Å². The predicted molar refractivity (Wildman–Crippen MR) is 114 cm³/mol. The van der Waals surface area contributed by atoms with E-state index in [-0.39, 0.29) is 5.91 Å². The Hall–Kier alpha value is -2.43. The summed E-state index contributed by atoms with van der Waals surface area (Å²) < 4.78 is 0. The minimum atomic E-state index is -0.0175. The van der Waals surface area contributed by atoms with Gasteiger partial charge >= 0.3 is 0 Å². The molecule has 0 bridgehead atoms. The molecule has 0 aliphatic heterocycles. The van der Waals surface area contributed by atoms with Crippen molar-refractivity contribution in [2.75, 3.05) is 13.1 Å². The largest absolute Gasteiger partial charge is 0.347 e. The van der Waals surface area contributed by atoms with Crippen LogP contribution in [0.3, 0.4) is 0 Å². The van der Waals surface area contributed by atoms with Gasteiger partial charge in [0.15, 0.2) is 0 Å². The standard InChI is InChI=1S/C23H26N2OS/c1-3-25(4-2)17-19-12-10-18(11-13-19)16-24-23(26)22-21(14-15-27-22)20-8-6-5-7-9-20/h5-15H,3-4,16-17H2,1-2H3,(H,24,26). The van der Waals surface area contributed by atoms with Crippen LogP contribution in [0.15, 0.2) is 66.0 Å². The van der Waals surface area contributed by atoms with Gasteiger partial charge in [0.1, 0.15) is 0 Å². The van der Waals surface area contributed by atoms with Gasteiger partial charge in [-0.15, -0.1) is 11.3 Å². The summed E-state index contributed by atoms with van der Waals surface area (Å²) in [5.41, 5.74) is 4.49. The van der Waals surface area contributed by atoms with E-state index in [2.05, 4.69) is 48.3 Å². The molecule has 1 aromatic heterocycles. The maximum Gasteiger partial charge on any atom is 0.262 e. The third-order valence-electron chi connectivity index (χ3n) is 4.73. The highest BCUT2D eigenvalue weighted by molar-refractivity contribution is 7.12. The molecule has 0 fully saturated rings. The zero-order valence-electron chi connectivity index (χ0n) is 15.9. The van der Waals surface area contributed by atoms with Crippen LogP contribution < -0.4 is 5.32 Å². The maximum absolute atomic E-state index is 12.7. The first kappa shape index (κ1) is 19.3. The normalized spacial score (nSPS) is 10.9. The summed E-state index contributed by atoms with van der Waals surface area (Å²) in [4.78, 5) is 15.8. The molecule has 3 aromatic rings. The fraction of sp³-hybridized carbons (Fsp3) is 0.261. The van der Waals surface area contributed by atoms with Gasteiger partial charge in [0.2, 0.25) is 0 Å². The second-order valence-electron chi connectivity index (χ2n) is 6.49. The summed E-state index contributed by atoms with van der Waals surface area (Å²) >= 11 is 1.48. The molecule has 0 radical (unpaired) electrons. The zero-order valence-corrected chi connectivity index (χ0v) is 16.8. The van der Waals surface area contributed by atoms with Crippen molar-refractivity contribution >= 4 is 17.2 Å². The summed E-state index contributed by atoms with van der Waals surface area (Å²) in [5.74, 6) is -0.0175. The first-order chi connectivity index (χ1) is 13.2. The Morgan fingerprint density at radius 1 is 0.926 bits per heavy atom. The van der Waals surface area contributed by atoms with E-state index in [1.54, 1.807) is 0 Å². The third-order valence-corrected chi connectivity index (χ3v) is 5.65. The molecule has 1 N–H and O–H groups in total. The molecule has 3 nitrogen and oxygen atoms in total. The summed E-state index contributed by atoms with van der Waals surface area (Å²) in [6, 6.07) is 20.6. The Morgan fingerprint density at radius 2 is 1.59 bits per heavy atom. The molecule has 0 saturated heterocycles. The van der Waals surface area contributed by atoms with Crippen LogP contribution in [0.2, 0.25) is 0 Å². The van der Waals surface area contributed by atoms with Crippen molar-refractivity contribution in [3.8, 4) is 11.1 Å². The van der Waals surface area contributed by atoms with Crippen LogP contribution >= 0.6 is 11.3 Å². The molecule has 0 atom stereocenters. The fourth-order valence-corrected chi connectivity index (χ4v) is 3.89. The molecule has 27 heavy (non-hydrogen) atoms. The molecule has 1 heterocycles. The molecule has 0 spiro atoms. The molecule has 0 aliphatic carbocycles. The van der Waals surface area contributed by atoms with Crippen LogP contribution in [-0.2, 0) is 13.1 Å². The van der Waals surface area contributed by atoms with E-state index >= 15 is 0 Å². The number of thiophene rings is 1. The van der Waals surface area contributed by atoms with Gasteiger partial charge < -0.3 is 5.32 Å². The molecule has 0 aliphatic rings. The van der Waals surface area contributed by atoms with Crippen LogP contribution in [0.5, 0.6) is 0 Å². The summed E-state index contributed by atoms with van der Waals surface area (Å²) in [6.07, 6.45) is 0. The molecule has 3 rings (SSSR count). The van der Waals surface area contributed by atoms with Crippen molar-refractivity contribution in [2.45, 2.75) is 26.9 Å². The lowest BCUT2D eigenvalue weighted by molar-refractivity contribution is 0.0955. The van der Waals surface area contributed by atoms with Crippen molar-refractivity contribution in [3.63, 3.8) is 0 Å². The van der Waals surface area contributed by atoms with Crippen LogP contribution in [0.4, 0.5) is 0 Å². The molecular weight excluding hydrogens is 352 g/mol. The smallest absolute Gasteiger partial charge is 0.262 e. The molecule has 2 aromatic carbocycles. The molecule has 140 valence electrons. The van der Waals surface area contributed by atoms with Gasteiger partial charge in [-0.3, -0.25) is 9.69 Å². The van der Waals surface area contributed by atoms with Gasteiger partial charge in [-0.05, 0) is 41.2 Å². The first-order valence-corrected chi connectivity index (χ1v) is 10.3. The van der Waals surface area contributed by atoms with Gasteiger partial charge in [0.25, 0.3) is 5.91 Å². The quantitative estimate of drug-likeness (QED) is 0.585. The van der Waals surface area contributed by atoms with Crippen molar-refractivity contribution in [2.24, 2.45) is 0 Å². The first-order valence-electron chi connectivity index (χ1n) is 9.42. The Kier molecular flexibility index (Phi) is 6.80. The third kappa shape index (κ3) is 5.06. The summed E-state index contributed by atoms with van der Waals surface area (Å²) in [7, 11) is 0. The van der Waals surface area contributed by atoms with E-state index in [4.69, 9.17) is 0 Å². The number of nitrogens with one attached hydrogen (secondary N) is 1. The Labute approximate surface area is 165 Å². The highest BCUT2D eigenvalue weighted by Crippen LogP contribution is 2.28. The van der Waals surface area contributed by atoms with Gasteiger partial charge in [-0.25, -0.2) is 0 Å². The average Bonchev–Trinajstić information content (AvgIpc) is 3.22. The second kappa shape index (κ2) is 9.49. The Bertz CT molecular complexity index is 852. The van der Waals surface area contributed by atoms with E-state index in [1.165, 1.54) is 16.9 Å². The van der Waals surface area contributed by atoms with Crippen LogP contribution in [0, 0.1) is 0 Å². The second-order valence-corrected chi connectivity index (χ2v) is 7.41. The molecule has 4 heteroatoms. The van der Waals surface area contributed by atoms with Crippen molar-refractivity contribution in [3.05, 3.63) is 82.0 Å². The lowest BCUT2D eigenvalue weighted by atomic mass is 10.1. The number of amides is 1. The van der Waals surface area contributed by atoms with Crippen LogP contribution in [-0.4, -0.2) is 23.9 Å². The minimum Gasteiger partial charge on any atom is -0.347 e. The van der Waals surface area contributed by atoms with Gasteiger partial charge in [-0.1, -0.05) is 68.4 Å². The molecule has 0 unspecified atom stereocenters. The summed E-state index contributed by atoms with van der Waals surface area (Å²) in [5, 5.41) is 5.03. The number of hydrogen-bond acceptors (Lipinski definition) is 3. The summed E-state index contributed by atoms with van der Waals surface area (Å²) in [6.45, 7) is 7.98. The number of hydrogen-bond donors (Lipinski definition) is 1. The maximum atomic E-state index is 12.7. The van der Waals surface area contributed by atoms with Crippen LogP contribution in [0.1, 0.15) is 34.6 Å². The van der Waals surface area contributed by atoms with Crippen molar-refractivity contribution < 1.29 is 4.79 Å².